The molecule has 0 saturated heterocycles. The standard InChI is InChI=1S/C11H5ClN4OS2/c12-7-5-3-1-2-4-6(5)18-8(7)9-13-14-10-16(9)15-11(17)19-10/h1-4H,(H,15,17). The number of benzene rings is 1. The van der Waals surface area contributed by atoms with Crippen LogP contribution in [0.1, 0.15) is 0 Å². The molecular weight excluding hydrogens is 304 g/mol. The van der Waals surface area contributed by atoms with Crippen LogP contribution in [0.15, 0.2) is 29.1 Å². The summed E-state index contributed by atoms with van der Waals surface area (Å²) in [5.74, 6) is 0.569. The SMILES string of the molecule is O=c1[nH]n2c(-c3sc4ccccc4c3Cl)nnc2s1. The van der Waals surface area contributed by atoms with Crippen molar-refractivity contribution in [2.24, 2.45) is 0 Å². The summed E-state index contributed by atoms with van der Waals surface area (Å²) >= 11 is 8.95. The predicted molar refractivity (Wildman–Crippen MR) is 77.3 cm³/mol. The van der Waals surface area contributed by atoms with E-state index in [-0.39, 0.29) is 4.87 Å². The molecule has 0 spiro atoms. The summed E-state index contributed by atoms with van der Waals surface area (Å²) in [7, 11) is 0. The zero-order valence-corrected chi connectivity index (χ0v) is 11.6. The molecule has 3 heterocycles. The number of thiophene rings is 1. The molecule has 0 fully saturated rings. The summed E-state index contributed by atoms with van der Waals surface area (Å²) in [6.45, 7) is 0. The third kappa shape index (κ3) is 1.55. The Labute approximate surface area is 119 Å². The number of halogens is 1. The molecule has 0 aliphatic heterocycles. The highest BCUT2D eigenvalue weighted by molar-refractivity contribution is 7.23. The van der Waals surface area contributed by atoms with Crippen LogP contribution in [0.4, 0.5) is 0 Å². The lowest BCUT2D eigenvalue weighted by atomic mass is 10.2. The van der Waals surface area contributed by atoms with Gasteiger partial charge < -0.3 is 0 Å². The monoisotopic (exact) mass is 308 g/mol. The molecule has 8 heteroatoms. The zero-order valence-electron chi connectivity index (χ0n) is 9.25. The first kappa shape index (κ1) is 11.2. The number of aromatic amines is 1. The number of fused-ring (bicyclic) bond motifs is 2. The molecule has 0 bridgehead atoms. The van der Waals surface area contributed by atoms with E-state index in [4.69, 9.17) is 11.6 Å². The third-order valence-electron chi connectivity index (χ3n) is 2.76. The van der Waals surface area contributed by atoms with Gasteiger partial charge in [-0.15, -0.1) is 21.5 Å². The Morgan fingerprint density at radius 3 is 2.89 bits per heavy atom. The first-order valence-electron chi connectivity index (χ1n) is 5.35. The Morgan fingerprint density at radius 2 is 2.05 bits per heavy atom. The largest absolute Gasteiger partial charge is 0.322 e. The Kier molecular flexibility index (Phi) is 2.29. The summed E-state index contributed by atoms with van der Waals surface area (Å²) in [6.07, 6.45) is 0. The molecule has 0 aliphatic carbocycles. The van der Waals surface area contributed by atoms with Crippen LogP contribution in [0.5, 0.6) is 0 Å². The van der Waals surface area contributed by atoms with Gasteiger partial charge in [0.05, 0.1) is 9.90 Å². The van der Waals surface area contributed by atoms with Gasteiger partial charge in [0.25, 0.3) is 0 Å². The van der Waals surface area contributed by atoms with E-state index in [0.717, 1.165) is 26.3 Å². The number of rotatable bonds is 1. The Morgan fingerprint density at radius 1 is 1.21 bits per heavy atom. The minimum absolute atomic E-state index is 0.164. The van der Waals surface area contributed by atoms with Crippen LogP contribution in [0.25, 0.3) is 25.7 Å². The van der Waals surface area contributed by atoms with E-state index in [1.54, 1.807) is 4.52 Å². The van der Waals surface area contributed by atoms with Gasteiger partial charge in [-0.05, 0) is 17.4 Å². The quantitative estimate of drug-likeness (QED) is 0.588. The Hall–Kier alpha value is -1.70. The van der Waals surface area contributed by atoms with Crippen molar-refractivity contribution in [2.45, 2.75) is 0 Å². The molecule has 19 heavy (non-hydrogen) atoms. The van der Waals surface area contributed by atoms with E-state index in [1.165, 1.54) is 11.3 Å². The summed E-state index contributed by atoms with van der Waals surface area (Å²) in [6, 6.07) is 7.87. The maximum Gasteiger partial charge on any atom is 0.322 e. The van der Waals surface area contributed by atoms with E-state index in [2.05, 4.69) is 15.3 Å². The molecule has 5 nitrogen and oxygen atoms in total. The summed E-state index contributed by atoms with van der Waals surface area (Å²) in [5, 5.41) is 12.4. The molecule has 4 aromatic rings. The maximum absolute atomic E-state index is 11.3. The van der Waals surface area contributed by atoms with Crippen LogP contribution >= 0.6 is 34.3 Å². The van der Waals surface area contributed by atoms with Crippen molar-refractivity contribution >= 4 is 49.3 Å². The van der Waals surface area contributed by atoms with Gasteiger partial charge in [-0.3, -0.25) is 4.79 Å². The first-order valence-corrected chi connectivity index (χ1v) is 7.37. The number of nitrogens with zero attached hydrogens (tertiary/aromatic N) is 3. The highest BCUT2D eigenvalue weighted by Crippen LogP contribution is 2.40. The lowest BCUT2D eigenvalue weighted by molar-refractivity contribution is 0.947. The van der Waals surface area contributed by atoms with Crippen LogP contribution in [-0.2, 0) is 0 Å². The van der Waals surface area contributed by atoms with Gasteiger partial charge in [-0.2, -0.15) is 0 Å². The predicted octanol–water partition coefficient (Wildman–Crippen LogP) is 3.01. The molecule has 0 amide bonds. The van der Waals surface area contributed by atoms with Crippen molar-refractivity contribution in [3.63, 3.8) is 0 Å². The van der Waals surface area contributed by atoms with Crippen molar-refractivity contribution < 1.29 is 0 Å². The minimum atomic E-state index is -0.164. The average Bonchev–Trinajstić information content (AvgIpc) is 3.03. The number of hydrogen-bond donors (Lipinski definition) is 1. The number of nitrogens with one attached hydrogen (secondary N) is 1. The maximum atomic E-state index is 11.3. The van der Waals surface area contributed by atoms with Crippen molar-refractivity contribution in [2.75, 3.05) is 0 Å². The number of H-pyrrole nitrogens is 1. The van der Waals surface area contributed by atoms with E-state index >= 15 is 0 Å². The van der Waals surface area contributed by atoms with Crippen molar-refractivity contribution in [3.8, 4) is 10.7 Å². The molecule has 1 aromatic carbocycles. The van der Waals surface area contributed by atoms with Crippen molar-refractivity contribution in [3.05, 3.63) is 39.0 Å². The molecule has 0 atom stereocenters. The zero-order chi connectivity index (χ0) is 13.0. The normalized spacial score (nSPS) is 11.6. The molecule has 0 radical (unpaired) electrons. The molecule has 0 aliphatic rings. The first-order chi connectivity index (χ1) is 9.24. The minimum Gasteiger partial charge on any atom is -0.255 e. The van der Waals surface area contributed by atoms with Gasteiger partial charge in [0.15, 0.2) is 5.82 Å². The second-order valence-electron chi connectivity index (χ2n) is 3.88. The van der Waals surface area contributed by atoms with Gasteiger partial charge >= 0.3 is 4.87 Å². The van der Waals surface area contributed by atoms with Crippen LogP contribution in [0.2, 0.25) is 5.02 Å². The van der Waals surface area contributed by atoms with E-state index in [1.807, 2.05) is 24.3 Å². The van der Waals surface area contributed by atoms with Gasteiger partial charge in [0.2, 0.25) is 4.96 Å². The highest BCUT2D eigenvalue weighted by atomic mass is 35.5. The summed E-state index contributed by atoms with van der Waals surface area (Å²) in [5.41, 5.74) is 0. The lowest BCUT2D eigenvalue weighted by Gasteiger charge is -1.93. The lowest BCUT2D eigenvalue weighted by Crippen LogP contribution is -1.98. The highest BCUT2D eigenvalue weighted by Gasteiger charge is 2.18. The van der Waals surface area contributed by atoms with Gasteiger partial charge in [-0.1, -0.05) is 29.8 Å². The van der Waals surface area contributed by atoms with Crippen LogP contribution in [0, 0.1) is 0 Å². The molecule has 4 rings (SSSR count). The smallest absolute Gasteiger partial charge is 0.255 e. The molecule has 94 valence electrons. The van der Waals surface area contributed by atoms with E-state index in [0.29, 0.717) is 15.8 Å². The molecular formula is C11H5ClN4OS2. The van der Waals surface area contributed by atoms with Gasteiger partial charge in [0, 0.05) is 10.1 Å². The van der Waals surface area contributed by atoms with Crippen LogP contribution < -0.4 is 4.87 Å². The van der Waals surface area contributed by atoms with Crippen LogP contribution in [0.3, 0.4) is 0 Å². The van der Waals surface area contributed by atoms with Crippen LogP contribution in [-0.4, -0.2) is 19.8 Å². The molecule has 0 unspecified atom stereocenters. The van der Waals surface area contributed by atoms with Crippen molar-refractivity contribution in [1.29, 1.82) is 0 Å². The molecule has 1 N–H and O–H groups in total. The second-order valence-corrected chi connectivity index (χ2v) is 6.25. The second kappa shape index (κ2) is 3.89. The topological polar surface area (TPSA) is 63.0 Å². The number of hydrogen-bond acceptors (Lipinski definition) is 5. The molecule has 3 aromatic heterocycles. The fourth-order valence-electron chi connectivity index (χ4n) is 1.94. The van der Waals surface area contributed by atoms with E-state index in [9.17, 15) is 4.79 Å². The fraction of sp³-hybridized carbons (Fsp3) is 0. The molecule has 0 saturated carbocycles. The van der Waals surface area contributed by atoms with Gasteiger partial charge in [-0.25, -0.2) is 9.61 Å². The third-order valence-corrected chi connectivity index (χ3v) is 5.15. The fourth-order valence-corrected chi connectivity index (χ4v) is 4.04. The summed E-state index contributed by atoms with van der Waals surface area (Å²) in [4.78, 5) is 12.5. The summed E-state index contributed by atoms with van der Waals surface area (Å²) < 4.78 is 2.65. The Bertz CT molecular complexity index is 964. The van der Waals surface area contributed by atoms with Gasteiger partial charge in [0.1, 0.15) is 0 Å². The van der Waals surface area contributed by atoms with E-state index < -0.39 is 0 Å². The number of aromatic nitrogens is 4. The van der Waals surface area contributed by atoms with Crippen molar-refractivity contribution in [1.82, 2.24) is 19.8 Å². The Balaban J connectivity index is 2.08. The average molecular weight is 309 g/mol.